The maximum atomic E-state index is 13.5. The van der Waals surface area contributed by atoms with Crippen molar-refractivity contribution in [3.05, 3.63) is 45.9 Å². The van der Waals surface area contributed by atoms with E-state index < -0.39 is 5.82 Å². The van der Waals surface area contributed by atoms with E-state index in [2.05, 4.69) is 31.2 Å². The molecule has 0 unspecified atom stereocenters. The van der Waals surface area contributed by atoms with Crippen LogP contribution in [0.3, 0.4) is 0 Å². The second kappa shape index (κ2) is 5.10. The van der Waals surface area contributed by atoms with Crippen molar-refractivity contribution < 1.29 is 4.39 Å². The molecule has 4 nitrogen and oxygen atoms in total. The van der Waals surface area contributed by atoms with Crippen molar-refractivity contribution in [2.24, 2.45) is 0 Å². The molecular weight excluding hydrogens is 299 g/mol. The summed E-state index contributed by atoms with van der Waals surface area (Å²) in [5.74, 6) is -0.217. The lowest BCUT2D eigenvalue weighted by atomic mass is 10.3. The number of hydrogen-bond acceptors (Lipinski definition) is 4. The molecule has 1 heterocycles. The lowest BCUT2D eigenvalue weighted by molar-refractivity contribution is 0.631. The third-order valence-corrected chi connectivity index (χ3v) is 2.64. The summed E-state index contributed by atoms with van der Waals surface area (Å²) in [7, 11) is 0. The average molecular weight is 307 g/mol. The lowest BCUT2D eigenvalue weighted by Gasteiger charge is -2.07. The van der Waals surface area contributed by atoms with E-state index in [9.17, 15) is 4.39 Å². The normalized spacial score (nSPS) is 9.89. The first-order chi connectivity index (χ1) is 8.58. The van der Waals surface area contributed by atoms with Gasteiger partial charge in [-0.05, 0) is 31.2 Å². The van der Waals surface area contributed by atoms with Crippen LogP contribution in [0.25, 0.3) is 0 Å². The van der Waals surface area contributed by atoms with Crippen LogP contribution in [0.1, 0.15) is 11.4 Å². The predicted octanol–water partition coefficient (Wildman–Crippen LogP) is 3.30. The first-order valence-corrected chi connectivity index (χ1v) is 5.85. The van der Waals surface area contributed by atoms with Crippen molar-refractivity contribution in [1.29, 1.82) is 5.26 Å². The molecule has 1 N–H and O–H groups in total. The number of halogens is 2. The molecule has 0 atom stereocenters. The van der Waals surface area contributed by atoms with Crippen molar-refractivity contribution in [2.75, 3.05) is 5.32 Å². The molecule has 0 bridgehead atoms. The Morgan fingerprint density at radius 2 is 2.11 bits per heavy atom. The van der Waals surface area contributed by atoms with Crippen LogP contribution >= 0.6 is 15.9 Å². The molecule has 6 heteroatoms. The standard InChI is InChI=1S/C12H8BrFN4/c1-7-4-9(6-15)17-12(16-7)18-11-5-8(13)2-3-10(11)14/h2-5H,1H3,(H,16,17,18). The van der Waals surface area contributed by atoms with Gasteiger partial charge in [-0.25, -0.2) is 14.4 Å². The van der Waals surface area contributed by atoms with Gasteiger partial charge < -0.3 is 5.32 Å². The van der Waals surface area contributed by atoms with Crippen LogP contribution in [0.5, 0.6) is 0 Å². The number of aryl methyl sites for hydroxylation is 1. The number of nitrogens with zero attached hydrogens (tertiary/aromatic N) is 3. The Morgan fingerprint density at radius 3 is 2.83 bits per heavy atom. The minimum Gasteiger partial charge on any atom is -0.322 e. The van der Waals surface area contributed by atoms with E-state index in [1.807, 2.05) is 6.07 Å². The Labute approximate surface area is 112 Å². The molecule has 0 aliphatic rings. The van der Waals surface area contributed by atoms with Gasteiger partial charge in [0.15, 0.2) is 0 Å². The molecule has 2 aromatic rings. The van der Waals surface area contributed by atoms with Gasteiger partial charge in [-0.15, -0.1) is 0 Å². The van der Waals surface area contributed by atoms with Crippen LogP contribution in [0.15, 0.2) is 28.7 Å². The third kappa shape index (κ3) is 2.81. The highest BCUT2D eigenvalue weighted by Crippen LogP contribution is 2.22. The molecule has 0 spiro atoms. The van der Waals surface area contributed by atoms with Gasteiger partial charge in [0.1, 0.15) is 17.6 Å². The van der Waals surface area contributed by atoms with Crippen LogP contribution in [0, 0.1) is 24.1 Å². The number of rotatable bonds is 2. The molecule has 0 fully saturated rings. The van der Waals surface area contributed by atoms with Gasteiger partial charge in [0, 0.05) is 10.2 Å². The zero-order valence-electron chi connectivity index (χ0n) is 9.41. The van der Waals surface area contributed by atoms with Crippen molar-refractivity contribution in [3.63, 3.8) is 0 Å². The van der Waals surface area contributed by atoms with Crippen molar-refractivity contribution in [3.8, 4) is 6.07 Å². The Kier molecular flexibility index (Phi) is 3.53. The Balaban J connectivity index is 2.37. The highest BCUT2D eigenvalue weighted by atomic mass is 79.9. The molecule has 0 saturated carbocycles. The van der Waals surface area contributed by atoms with Gasteiger partial charge in [-0.1, -0.05) is 15.9 Å². The summed E-state index contributed by atoms with van der Waals surface area (Å²) >= 11 is 3.25. The summed E-state index contributed by atoms with van der Waals surface area (Å²) in [6, 6.07) is 7.98. The third-order valence-electron chi connectivity index (χ3n) is 2.14. The van der Waals surface area contributed by atoms with Gasteiger partial charge in [0.25, 0.3) is 0 Å². The molecule has 1 aromatic carbocycles. The second-order valence-corrected chi connectivity index (χ2v) is 4.49. The SMILES string of the molecule is Cc1cc(C#N)nc(Nc2cc(Br)ccc2F)n1. The van der Waals surface area contributed by atoms with Gasteiger partial charge in [0.05, 0.1) is 5.69 Å². The number of hydrogen-bond donors (Lipinski definition) is 1. The van der Waals surface area contributed by atoms with Crippen molar-refractivity contribution in [1.82, 2.24) is 9.97 Å². The molecule has 0 aliphatic carbocycles. The largest absolute Gasteiger partial charge is 0.322 e. The molecule has 0 amide bonds. The summed E-state index contributed by atoms with van der Waals surface area (Å²) in [6.07, 6.45) is 0. The van der Waals surface area contributed by atoms with E-state index in [1.165, 1.54) is 6.07 Å². The maximum Gasteiger partial charge on any atom is 0.228 e. The summed E-state index contributed by atoms with van der Waals surface area (Å²) in [4.78, 5) is 8.05. The number of nitrogens with one attached hydrogen (secondary N) is 1. The van der Waals surface area contributed by atoms with Crippen molar-refractivity contribution >= 4 is 27.6 Å². The smallest absolute Gasteiger partial charge is 0.228 e. The minimum atomic E-state index is -0.415. The average Bonchev–Trinajstić information content (AvgIpc) is 2.33. The number of nitriles is 1. The van der Waals surface area contributed by atoms with E-state index >= 15 is 0 Å². The quantitative estimate of drug-likeness (QED) is 0.924. The molecule has 2 rings (SSSR count). The fourth-order valence-electron chi connectivity index (χ4n) is 1.40. The Bertz CT molecular complexity index is 636. The minimum absolute atomic E-state index is 0.198. The first-order valence-electron chi connectivity index (χ1n) is 5.06. The Hall–Kier alpha value is -2.00. The monoisotopic (exact) mass is 306 g/mol. The summed E-state index contributed by atoms with van der Waals surface area (Å²) in [6.45, 7) is 1.74. The lowest BCUT2D eigenvalue weighted by Crippen LogP contribution is -2.01. The topological polar surface area (TPSA) is 61.6 Å². The molecule has 1 aromatic heterocycles. The molecule has 18 heavy (non-hydrogen) atoms. The fourth-order valence-corrected chi connectivity index (χ4v) is 1.76. The zero-order valence-corrected chi connectivity index (χ0v) is 11.0. The number of benzene rings is 1. The Morgan fingerprint density at radius 1 is 1.33 bits per heavy atom. The van der Waals surface area contributed by atoms with Crippen LogP contribution in [-0.4, -0.2) is 9.97 Å². The molecule has 90 valence electrons. The van der Waals surface area contributed by atoms with Crippen LogP contribution in [-0.2, 0) is 0 Å². The molecule has 0 saturated heterocycles. The van der Waals surface area contributed by atoms with Gasteiger partial charge in [0.2, 0.25) is 5.95 Å². The fraction of sp³-hybridized carbons (Fsp3) is 0.0833. The van der Waals surface area contributed by atoms with E-state index in [0.29, 0.717) is 5.69 Å². The van der Waals surface area contributed by atoms with Gasteiger partial charge in [-0.2, -0.15) is 5.26 Å². The zero-order chi connectivity index (χ0) is 13.1. The van der Waals surface area contributed by atoms with E-state index in [1.54, 1.807) is 25.1 Å². The number of anilines is 2. The van der Waals surface area contributed by atoms with Crippen LogP contribution in [0.4, 0.5) is 16.0 Å². The molecular formula is C12H8BrFN4. The molecule has 0 aliphatic heterocycles. The summed E-state index contributed by atoms with van der Waals surface area (Å²) < 4.78 is 14.3. The second-order valence-electron chi connectivity index (χ2n) is 3.58. The van der Waals surface area contributed by atoms with Crippen LogP contribution in [0.2, 0.25) is 0 Å². The highest BCUT2D eigenvalue weighted by Gasteiger charge is 2.06. The van der Waals surface area contributed by atoms with Crippen LogP contribution < -0.4 is 5.32 Å². The predicted molar refractivity (Wildman–Crippen MR) is 68.9 cm³/mol. The van der Waals surface area contributed by atoms with Gasteiger partial charge >= 0.3 is 0 Å². The van der Waals surface area contributed by atoms with E-state index in [4.69, 9.17) is 5.26 Å². The highest BCUT2D eigenvalue weighted by molar-refractivity contribution is 9.10. The summed E-state index contributed by atoms with van der Waals surface area (Å²) in [5.41, 5.74) is 1.12. The first kappa shape index (κ1) is 12.5. The maximum absolute atomic E-state index is 13.5. The number of aromatic nitrogens is 2. The summed E-state index contributed by atoms with van der Waals surface area (Å²) in [5, 5.41) is 11.6. The van der Waals surface area contributed by atoms with E-state index in [-0.39, 0.29) is 17.3 Å². The molecule has 0 radical (unpaired) electrons. The van der Waals surface area contributed by atoms with Crippen molar-refractivity contribution in [2.45, 2.75) is 6.92 Å². The van der Waals surface area contributed by atoms with E-state index in [0.717, 1.165) is 4.47 Å². The van der Waals surface area contributed by atoms with Gasteiger partial charge in [-0.3, -0.25) is 0 Å².